The summed E-state index contributed by atoms with van der Waals surface area (Å²) in [5.74, 6) is -0.194. The number of nitrogens with one attached hydrogen (secondary N) is 1. The van der Waals surface area contributed by atoms with E-state index in [0.29, 0.717) is 18.7 Å². The van der Waals surface area contributed by atoms with E-state index >= 15 is 0 Å². The maximum atomic E-state index is 13.4. The van der Waals surface area contributed by atoms with Crippen LogP contribution in [0.3, 0.4) is 0 Å². The van der Waals surface area contributed by atoms with Gasteiger partial charge in [0.1, 0.15) is 0 Å². The summed E-state index contributed by atoms with van der Waals surface area (Å²) in [5.41, 5.74) is 1.76. The van der Waals surface area contributed by atoms with Crippen LogP contribution < -0.4 is 14.8 Å². The molecule has 2 aliphatic heterocycles. The number of halogens is 2. The average Bonchev–Trinajstić information content (AvgIpc) is 3.22. The van der Waals surface area contributed by atoms with Crippen molar-refractivity contribution in [2.45, 2.75) is 19.5 Å². The van der Waals surface area contributed by atoms with Crippen molar-refractivity contribution in [2.75, 3.05) is 39.5 Å². The normalized spacial score (nSPS) is 17.2. The Balaban J connectivity index is 1.22. The van der Waals surface area contributed by atoms with Crippen molar-refractivity contribution < 1.29 is 23.0 Å². The number of piperazine rings is 1. The van der Waals surface area contributed by atoms with Crippen LogP contribution in [-0.4, -0.2) is 55.2 Å². The van der Waals surface area contributed by atoms with E-state index in [1.165, 1.54) is 6.07 Å². The molecule has 8 heteroatoms. The number of hydrogen-bond acceptors (Lipinski definition) is 5. The zero-order valence-electron chi connectivity index (χ0n) is 16.9. The molecule has 1 atom stereocenters. The highest BCUT2D eigenvalue weighted by atomic mass is 19.2. The topological polar surface area (TPSA) is 54.0 Å². The average molecular weight is 417 g/mol. The minimum absolute atomic E-state index is 0.00663. The van der Waals surface area contributed by atoms with Gasteiger partial charge in [-0.2, -0.15) is 0 Å². The van der Waals surface area contributed by atoms with Crippen molar-refractivity contribution in [1.29, 1.82) is 0 Å². The first-order valence-electron chi connectivity index (χ1n) is 10.1. The molecular weight excluding hydrogens is 392 g/mol. The van der Waals surface area contributed by atoms with Gasteiger partial charge in [-0.3, -0.25) is 9.69 Å². The Hall–Kier alpha value is -2.71. The molecule has 1 saturated heterocycles. The van der Waals surface area contributed by atoms with Gasteiger partial charge in [0.15, 0.2) is 23.1 Å². The molecule has 0 saturated carbocycles. The van der Waals surface area contributed by atoms with Crippen LogP contribution in [0.4, 0.5) is 8.78 Å². The molecule has 2 aromatic rings. The van der Waals surface area contributed by atoms with E-state index in [0.717, 1.165) is 48.8 Å². The summed E-state index contributed by atoms with van der Waals surface area (Å²) in [6, 6.07) is 9.50. The fraction of sp³-hybridized carbons (Fsp3) is 0.409. The summed E-state index contributed by atoms with van der Waals surface area (Å²) in [4.78, 5) is 16.7. The Labute approximate surface area is 174 Å². The van der Waals surface area contributed by atoms with Crippen molar-refractivity contribution in [3.8, 4) is 11.5 Å². The van der Waals surface area contributed by atoms with Gasteiger partial charge < -0.3 is 19.7 Å². The SMILES string of the molecule is C[C@H](NCC(=O)N1CCN(Cc2ccc3c(c2)OCO3)CC1)c1ccc(F)c(F)c1. The molecule has 1 N–H and O–H groups in total. The van der Waals surface area contributed by atoms with Crippen LogP contribution in [0, 0.1) is 11.6 Å². The monoisotopic (exact) mass is 417 g/mol. The standard InChI is InChI=1S/C22H25F2N3O3/c1-15(17-3-4-18(23)19(24)11-17)25-12-22(28)27-8-6-26(7-9-27)13-16-2-5-20-21(10-16)30-14-29-20/h2-5,10-11,15,25H,6-9,12-14H2,1H3/t15-/m0/s1. The molecule has 30 heavy (non-hydrogen) atoms. The molecule has 1 fully saturated rings. The fourth-order valence-electron chi connectivity index (χ4n) is 3.70. The first-order valence-corrected chi connectivity index (χ1v) is 10.1. The summed E-state index contributed by atoms with van der Waals surface area (Å²) >= 11 is 0. The third-order valence-electron chi connectivity index (χ3n) is 5.57. The molecule has 2 aromatic carbocycles. The molecule has 0 spiro atoms. The van der Waals surface area contributed by atoms with Crippen LogP contribution in [0.1, 0.15) is 24.1 Å². The zero-order valence-corrected chi connectivity index (χ0v) is 16.9. The van der Waals surface area contributed by atoms with Gasteiger partial charge in [-0.15, -0.1) is 0 Å². The highest BCUT2D eigenvalue weighted by Gasteiger charge is 2.22. The lowest BCUT2D eigenvalue weighted by molar-refractivity contribution is -0.132. The summed E-state index contributed by atoms with van der Waals surface area (Å²) in [6.07, 6.45) is 0. The van der Waals surface area contributed by atoms with Gasteiger partial charge in [0.25, 0.3) is 0 Å². The lowest BCUT2D eigenvalue weighted by atomic mass is 10.1. The Bertz CT molecular complexity index is 916. The summed E-state index contributed by atoms with van der Waals surface area (Å²) in [5, 5.41) is 3.10. The molecule has 0 unspecified atom stereocenters. The molecule has 4 rings (SSSR count). The number of benzene rings is 2. The minimum atomic E-state index is -0.883. The smallest absolute Gasteiger partial charge is 0.236 e. The quantitative estimate of drug-likeness (QED) is 0.783. The van der Waals surface area contributed by atoms with Crippen LogP contribution >= 0.6 is 0 Å². The van der Waals surface area contributed by atoms with Crippen molar-refractivity contribution >= 4 is 5.91 Å². The molecule has 0 aliphatic carbocycles. The predicted octanol–water partition coefficient (Wildman–Crippen LogP) is 2.69. The molecule has 2 heterocycles. The molecule has 0 aromatic heterocycles. The number of ether oxygens (including phenoxy) is 2. The van der Waals surface area contributed by atoms with Crippen molar-refractivity contribution in [1.82, 2.24) is 15.1 Å². The number of hydrogen-bond donors (Lipinski definition) is 1. The maximum absolute atomic E-state index is 13.4. The summed E-state index contributed by atoms with van der Waals surface area (Å²) in [6.45, 7) is 5.94. The third-order valence-corrected chi connectivity index (χ3v) is 5.57. The van der Waals surface area contributed by atoms with Gasteiger partial charge in [-0.05, 0) is 42.3 Å². The maximum Gasteiger partial charge on any atom is 0.236 e. The second kappa shape index (κ2) is 8.97. The highest BCUT2D eigenvalue weighted by molar-refractivity contribution is 5.78. The van der Waals surface area contributed by atoms with Crippen LogP contribution in [0.15, 0.2) is 36.4 Å². The second-order valence-corrected chi connectivity index (χ2v) is 7.62. The number of nitrogens with zero attached hydrogens (tertiary/aromatic N) is 2. The third kappa shape index (κ3) is 4.71. The summed E-state index contributed by atoms with van der Waals surface area (Å²) < 4.78 is 37.2. The fourth-order valence-corrected chi connectivity index (χ4v) is 3.70. The van der Waals surface area contributed by atoms with E-state index < -0.39 is 11.6 Å². The molecule has 6 nitrogen and oxygen atoms in total. The van der Waals surface area contributed by atoms with E-state index in [1.807, 2.05) is 30.0 Å². The molecule has 1 amide bonds. The van der Waals surface area contributed by atoms with E-state index in [2.05, 4.69) is 10.2 Å². The molecule has 160 valence electrons. The number of carbonyl (C=O) groups is 1. The first kappa shape index (κ1) is 20.6. The Morgan fingerprint density at radius 1 is 1.03 bits per heavy atom. The molecule has 2 aliphatic rings. The van der Waals surface area contributed by atoms with Crippen molar-refractivity contribution in [3.63, 3.8) is 0 Å². The molecular formula is C22H25F2N3O3. The lowest BCUT2D eigenvalue weighted by Gasteiger charge is -2.35. The number of fused-ring (bicyclic) bond motifs is 1. The largest absolute Gasteiger partial charge is 0.454 e. The first-order chi connectivity index (χ1) is 14.5. The Morgan fingerprint density at radius 2 is 1.80 bits per heavy atom. The zero-order chi connectivity index (χ0) is 21.1. The van der Waals surface area contributed by atoms with Crippen LogP contribution in [0.2, 0.25) is 0 Å². The lowest BCUT2D eigenvalue weighted by Crippen LogP contribution is -2.50. The van der Waals surface area contributed by atoms with E-state index in [1.54, 1.807) is 0 Å². The van der Waals surface area contributed by atoms with Crippen LogP contribution in [0.25, 0.3) is 0 Å². The Morgan fingerprint density at radius 3 is 2.57 bits per heavy atom. The Kier molecular flexibility index (Phi) is 6.15. The molecule has 0 radical (unpaired) electrons. The second-order valence-electron chi connectivity index (χ2n) is 7.62. The predicted molar refractivity (Wildman–Crippen MR) is 107 cm³/mol. The van der Waals surface area contributed by atoms with Gasteiger partial charge >= 0.3 is 0 Å². The summed E-state index contributed by atoms with van der Waals surface area (Å²) in [7, 11) is 0. The number of rotatable bonds is 6. The van der Waals surface area contributed by atoms with E-state index in [-0.39, 0.29) is 25.3 Å². The van der Waals surface area contributed by atoms with Gasteiger partial charge in [0, 0.05) is 38.8 Å². The van der Waals surface area contributed by atoms with E-state index in [4.69, 9.17) is 9.47 Å². The molecule has 0 bridgehead atoms. The minimum Gasteiger partial charge on any atom is -0.454 e. The highest BCUT2D eigenvalue weighted by Crippen LogP contribution is 2.32. The van der Waals surface area contributed by atoms with Gasteiger partial charge in [-0.25, -0.2) is 8.78 Å². The van der Waals surface area contributed by atoms with Crippen LogP contribution in [0.5, 0.6) is 11.5 Å². The van der Waals surface area contributed by atoms with Gasteiger partial charge in [0.05, 0.1) is 6.54 Å². The van der Waals surface area contributed by atoms with Crippen molar-refractivity contribution in [3.05, 3.63) is 59.2 Å². The number of amides is 1. The van der Waals surface area contributed by atoms with Crippen LogP contribution in [-0.2, 0) is 11.3 Å². The van der Waals surface area contributed by atoms with Crippen molar-refractivity contribution in [2.24, 2.45) is 0 Å². The van der Waals surface area contributed by atoms with Gasteiger partial charge in [-0.1, -0.05) is 12.1 Å². The van der Waals surface area contributed by atoms with E-state index in [9.17, 15) is 13.6 Å². The van der Waals surface area contributed by atoms with Gasteiger partial charge in [0.2, 0.25) is 12.7 Å². The number of carbonyl (C=O) groups excluding carboxylic acids is 1.